The maximum atomic E-state index is 12.4. The third kappa shape index (κ3) is 3.64. The van der Waals surface area contributed by atoms with Crippen LogP contribution in [0.5, 0.6) is 0 Å². The van der Waals surface area contributed by atoms with Crippen molar-refractivity contribution in [2.24, 2.45) is 0 Å². The normalized spacial score (nSPS) is 14.0. The number of hydrogen-bond donors (Lipinski definition) is 1. The molecule has 1 aromatic heterocycles. The van der Waals surface area contributed by atoms with Gasteiger partial charge in [-0.15, -0.1) is 0 Å². The zero-order chi connectivity index (χ0) is 17.1. The molecule has 1 amide bonds. The Bertz CT molecular complexity index is 790. The lowest BCUT2D eigenvalue weighted by Gasteiger charge is -2.21. The van der Waals surface area contributed by atoms with Gasteiger partial charge in [0.15, 0.2) is 0 Å². The van der Waals surface area contributed by atoms with Crippen molar-refractivity contribution in [3.63, 3.8) is 0 Å². The summed E-state index contributed by atoms with van der Waals surface area (Å²) in [6, 6.07) is 9.05. The second-order valence-corrected chi connectivity index (χ2v) is 6.23. The molecular weight excluding hydrogens is 304 g/mol. The zero-order valence-corrected chi connectivity index (χ0v) is 14.1. The molecule has 0 bridgehead atoms. The van der Waals surface area contributed by atoms with Gasteiger partial charge < -0.3 is 10.2 Å². The summed E-state index contributed by atoms with van der Waals surface area (Å²) in [4.78, 5) is 31.3. The van der Waals surface area contributed by atoms with Crippen molar-refractivity contribution >= 4 is 17.5 Å². The number of rotatable bonds is 4. The number of aryl methyl sites for hydroxylation is 2. The number of carbonyl (C=O) groups excluding carboxylic acids is 1. The standard InChI is InChI=1S/C18H22N4O2/c1-13-5-7-15(8-6-13)20-16(23)12-22-17(24)11-14(2)19-18(22)21-9-3-4-10-21/h5-8,11H,3-4,9-10,12H2,1-2H3,(H,20,23). The molecule has 0 radical (unpaired) electrons. The van der Waals surface area contributed by atoms with Crippen LogP contribution in [0.1, 0.15) is 24.1 Å². The Kier molecular flexibility index (Phi) is 4.64. The van der Waals surface area contributed by atoms with Gasteiger partial charge >= 0.3 is 0 Å². The second-order valence-electron chi connectivity index (χ2n) is 6.23. The van der Waals surface area contributed by atoms with E-state index < -0.39 is 0 Å². The molecule has 126 valence electrons. The molecule has 0 atom stereocenters. The lowest BCUT2D eigenvalue weighted by atomic mass is 10.2. The summed E-state index contributed by atoms with van der Waals surface area (Å²) < 4.78 is 1.46. The molecule has 1 fully saturated rings. The van der Waals surface area contributed by atoms with Gasteiger partial charge in [0.1, 0.15) is 6.54 Å². The Morgan fingerprint density at radius 1 is 1.17 bits per heavy atom. The van der Waals surface area contributed by atoms with Gasteiger partial charge in [-0.25, -0.2) is 4.98 Å². The molecule has 2 aromatic rings. The largest absolute Gasteiger partial charge is 0.342 e. The van der Waals surface area contributed by atoms with Crippen LogP contribution in [-0.2, 0) is 11.3 Å². The summed E-state index contributed by atoms with van der Waals surface area (Å²) in [6.45, 7) is 5.50. The second kappa shape index (κ2) is 6.86. The molecule has 0 saturated carbocycles. The highest BCUT2D eigenvalue weighted by Crippen LogP contribution is 2.17. The minimum Gasteiger partial charge on any atom is -0.342 e. The molecule has 24 heavy (non-hydrogen) atoms. The van der Waals surface area contributed by atoms with E-state index in [1.165, 1.54) is 10.6 Å². The highest BCUT2D eigenvalue weighted by molar-refractivity contribution is 5.90. The van der Waals surface area contributed by atoms with E-state index in [0.29, 0.717) is 11.6 Å². The predicted octanol–water partition coefficient (Wildman–Crippen LogP) is 2.10. The van der Waals surface area contributed by atoms with E-state index in [1.807, 2.05) is 31.2 Å². The van der Waals surface area contributed by atoms with Crippen LogP contribution in [0.4, 0.5) is 11.6 Å². The fourth-order valence-electron chi connectivity index (χ4n) is 2.89. The van der Waals surface area contributed by atoms with Crippen molar-refractivity contribution in [2.45, 2.75) is 33.2 Å². The van der Waals surface area contributed by atoms with Crippen LogP contribution >= 0.6 is 0 Å². The number of hydrogen-bond acceptors (Lipinski definition) is 4. The molecule has 0 aliphatic carbocycles. The highest BCUT2D eigenvalue weighted by atomic mass is 16.2. The van der Waals surface area contributed by atoms with Crippen LogP contribution in [0.25, 0.3) is 0 Å². The molecule has 1 saturated heterocycles. The van der Waals surface area contributed by atoms with Crippen LogP contribution in [-0.4, -0.2) is 28.5 Å². The van der Waals surface area contributed by atoms with Gasteiger partial charge in [-0.1, -0.05) is 17.7 Å². The van der Waals surface area contributed by atoms with Crippen molar-refractivity contribution < 1.29 is 4.79 Å². The average molecular weight is 326 g/mol. The van der Waals surface area contributed by atoms with E-state index in [0.717, 1.165) is 37.2 Å². The van der Waals surface area contributed by atoms with E-state index in [1.54, 1.807) is 6.92 Å². The zero-order valence-electron chi connectivity index (χ0n) is 14.1. The van der Waals surface area contributed by atoms with Crippen molar-refractivity contribution in [2.75, 3.05) is 23.3 Å². The molecule has 6 nitrogen and oxygen atoms in total. The molecule has 1 aliphatic heterocycles. The number of amides is 1. The molecule has 3 rings (SSSR count). The summed E-state index contributed by atoms with van der Waals surface area (Å²) >= 11 is 0. The quantitative estimate of drug-likeness (QED) is 0.934. The topological polar surface area (TPSA) is 67.2 Å². The number of nitrogens with zero attached hydrogens (tertiary/aromatic N) is 3. The first-order valence-electron chi connectivity index (χ1n) is 8.23. The maximum Gasteiger partial charge on any atom is 0.255 e. The van der Waals surface area contributed by atoms with Crippen molar-refractivity contribution in [3.8, 4) is 0 Å². The smallest absolute Gasteiger partial charge is 0.255 e. The Labute approximate surface area is 141 Å². The minimum atomic E-state index is -0.230. The summed E-state index contributed by atoms with van der Waals surface area (Å²) in [6.07, 6.45) is 2.17. The third-order valence-electron chi connectivity index (χ3n) is 4.14. The average Bonchev–Trinajstić information content (AvgIpc) is 3.06. The highest BCUT2D eigenvalue weighted by Gasteiger charge is 2.20. The SMILES string of the molecule is Cc1ccc(NC(=O)Cn2c(N3CCCC3)nc(C)cc2=O)cc1. The number of anilines is 2. The van der Waals surface area contributed by atoms with Crippen molar-refractivity contribution in [3.05, 3.63) is 51.9 Å². The van der Waals surface area contributed by atoms with Gasteiger partial charge in [0.2, 0.25) is 11.9 Å². The molecule has 0 unspecified atom stereocenters. The molecule has 1 N–H and O–H groups in total. The molecule has 6 heteroatoms. The third-order valence-corrected chi connectivity index (χ3v) is 4.14. The Hall–Kier alpha value is -2.63. The Morgan fingerprint density at radius 2 is 1.83 bits per heavy atom. The van der Waals surface area contributed by atoms with Gasteiger partial charge in [0, 0.05) is 30.5 Å². The summed E-state index contributed by atoms with van der Waals surface area (Å²) in [5, 5.41) is 2.83. The number of aromatic nitrogens is 2. The van der Waals surface area contributed by atoms with E-state index >= 15 is 0 Å². The fraction of sp³-hybridized carbons (Fsp3) is 0.389. The first kappa shape index (κ1) is 16.2. The van der Waals surface area contributed by atoms with Gasteiger partial charge in [-0.2, -0.15) is 0 Å². The van der Waals surface area contributed by atoms with Gasteiger partial charge in [-0.3, -0.25) is 14.2 Å². The molecule has 2 heterocycles. The van der Waals surface area contributed by atoms with Crippen molar-refractivity contribution in [1.82, 2.24) is 9.55 Å². The van der Waals surface area contributed by atoms with E-state index in [-0.39, 0.29) is 18.0 Å². The summed E-state index contributed by atoms with van der Waals surface area (Å²) in [7, 11) is 0. The van der Waals surface area contributed by atoms with Crippen molar-refractivity contribution in [1.29, 1.82) is 0 Å². The van der Waals surface area contributed by atoms with Gasteiger partial charge in [-0.05, 0) is 38.8 Å². The Morgan fingerprint density at radius 3 is 2.50 bits per heavy atom. The summed E-state index contributed by atoms with van der Waals surface area (Å²) in [5.74, 6) is 0.364. The molecular formula is C18H22N4O2. The van der Waals surface area contributed by atoms with Gasteiger partial charge in [0.05, 0.1) is 0 Å². The molecule has 1 aromatic carbocycles. The van der Waals surface area contributed by atoms with Crippen LogP contribution in [0, 0.1) is 13.8 Å². The predicted molar refractivity (Wildman–Crippen MR) is 94.5 cm³/mol. The van der Waals surface area contributed by atoms with Crippen LogP contribution in [0.2, 0.25) is 0 Å². The van der Waals surface area contributed by atoms with Gasteiger partial charge in [0.25, 0.3) is 5.56 Å². The molecule has 1 aliphatic rings. The lowest BCUT2D eigenvalue weighted by molar-refractivity contribution is -0.116. The molecule has 0 spiro atoms. The first-order chi connectivity index (χ1) is 11.5. The summed E-state index contributed by atoms with van der Waals surface area (Å²) in [5.41, 5.74) is 2.34. The fourth-order valence-corrected chi connectivity index (χ4v) is 2.89. The monoisotopic (exact) mass is 326 g/mol. The Balaban J connectivity index is 1.82. The van der Waals surface area contributed by atoms with E-state index in [4.69, 9.17) is 0 Å². The van der Waals surface area contributed by atoms with Crippen LogP contribution in [0.15, 0.2) is 35.1 Å². The number of carbonyl (C=O) groups is 1. The number of nitrogens with one attached hydrogen (secondary N) is 1. The minimum absolute atomic E-state index is 0.0359. The first-order valence-corrected chi connectivity index (χ1v) is 8.23. The van der Waals surface area contributed by atoms with Crippen LogP contribution < -0.4 is 15.8 Å². The maximum absolute atomic E-state index is 12.4. The van der Waals surface area contributed by atoms with E-state index in [2.05, 4.69) is 15.2 Å². The van der Waals surface area contributed by atoms with Crippen LogP contribution in [0.3, 0.4) is 0 Å². The lowest BCUT2D eigenvalue weighted by Crippen LogP contribution is -2.34. The number of benzene rings is 1. The van der Waals surface area contributed by atoms with E-state index in [9.17, 15) is 9.59 Å².